The summed E-state index contributed by atoms with van der Waals surface area (Å²) in [6, 6.07) is 129. The monoisotopic (exact) mass is 1310 g/mol. The van der Waals surface area contributed by atoms with Crippen LogP contribution in [0, 0.1) is 0 Å². The molecule has 0 unspecified atom stereocenters. The summed E-state index contributed by atoms with van der Waals surface area (Å²) < 4.78 is 6.59. The van der Waals surface area contributed by atoms with Crippen molar-refractivity contribution in [1.29, 1.82) is 0 Å². The minimum atomic E-state index is -0.0965. The molecule has 0 saturated heterocycles. The van der Waals surface area contributed by atoms with Crippen molar-refractivity contribution in [3.63, 3.8) is 0 Å². The van der Waals surface area contributed by atoms with E-state index in [-0.39, 0.29) is 10.8 Å². The van der Waals surface area contributed by atoms with Crippen LogP contribution in [0.3, 0.4) is 0 Å². The molecule has 0 spiro atoms. The van der Waals surface area contributed by atoms with E-state index in [2.05, 4.69) is 373 Å². The summed E-state index contributed by atoms with van der Waals surface area (Å²) in [7, 11) is 0. The largest absolute Gasteiger partial charge is 0.455 e. The Morgan fingerprint density at radius 3 is 1.04 bits per heavy atom. The maximum Gasteiger partial charge on any atom is 0.143 e. The van der Waals surface area contributed by atoms with Crippen molar-refractivity contribution in [2.24, 2.45) is 0 Å². The van der Waals surface area contributed by atoms with E-state index < -0.39 is 0 Å². The molecular weight excluding hydrogens is 1240 g/mol. The third-order valence-electron chi connectivity index (χ3n) is 22.9. The summed E-state index contributed by atoms with van der Waals surface area (Å²) >= 11 is 0. The predicted molar refractivity (Wildman–Crippen MR) is 438 cm³/mol. The Hall–Kier alpha value is -12.7. The van der Waals surface area contributed by atoms with Gasteiger partial charge in [0.25, 0.3) is 0 Å². The quantitative estimate of drug-likeness (QED) is 0.145. The normalized spacial score (nSPS) is 13.2. The van der Waals surface area contributed by atoms with Crippen LogP contribution in [0.1, 0.15) is 49.9 Å². The zero-order chi connectivity index (χ0) is 68.7. The highest BCUT2D eigenvalue weighted by atomic mass is 16.3. The lowest BCUT2D eigenvalue weighted by Crippen LogP contribution is -2.15. The summed E-state index contributed by atoms with van der Waals surface area (Å²) in [5, 5.41) is 17.6. The molecule has 1 heterocycles. The van der Waals surface area contributed by atoms with Crippen LogP contribution in [-0.4, -0.2) is 0 Å². The van der Waals surface area contributed by atoms with Crippen LogP contribution in [0.15, 0.2) is 356 Å². The second kappa shape index (κ2) is 23.5. The molecule has 0 N–H and O–H groups in total. The fraction of sp³-hybridized carbons (Fsp3) is 0.0588. The molecule has 2 aliphatic carbocycles. The first-order valence-corrected chi connectivity index (χ1v) is 36.1. The summed E-state index contributed by atoms with van der Waals surface area (Å²) in [4.78, 5) is 0. The van der Waals surface area contributed by atoms with E-state index in [1.54, 1.807) is 0 Å². The average molecular weight is 1310 g/mol. The number of hydrogen-bond donors (Lipinski definition) is 0. The molecule has 1 heteroatoms. The van der Waals surface area contributed by atoms with Gasteiger partial charge in [0, 0.05) is 32.7 Å². The lowest BCUT2D eigenvalue weighted by Gasteiger charge is -2.23. The van der Waals surface area contributed by atoms with E-state index in [9.17, 15) is 0 Å². The first kappa shape index (κ1) is 60.3. The predicted octanol–water partition coefficient (Wildman–Crippen LogP) is 28.5. The van der Waals surface area contributed by atoms with Crippen molar-refractivity contribution in [1.82, 2.24) is 0 Å². The zero-order valence-corrected chi connectivity index (χ0v) is 57.9. The molecular formula is C102H70O. The average Bonchev–Trinajstić information content (AvgIpc) is 1.63. The van der Waals surface area contributed by atoms with Gasteiger partial charge in [0.1, 0.15) is 11.2 Å². The second-order valence-electron chi connectivity index (χ2n) is 29.2. The lowest BCUT2D eigenvalue weighted by atomic mass is 9.80. The van der Waals surface area contributed by atoms with Crippen LogP contribution >= 0.6 is 0 Å². The van der Waals surface area contributed by atoms with Gasteiger partial charge in [-0.25, -0.2) is 0 Å². The molecule has 21 rings (SSSR count). The highest BCUT2D eigenvalue weighted by molar-refractivity contribution is 6.25. The van der Waals surface area contributed by atoms with Crippen LogP contribution in [0.5, 0.6) is 0 Å². The fourth-order valence-corrected chi connectivity index (χ4v) is 18.3. The van der Waals surface area contributed by atoms with Gasteiger partial charge < -0.3 is 4.42 Å². The highest BCUT2D eigenvalue weighted by Gasteiger charge is 2.40. The van der Waals surface area contributed by atoms with E-state index >= 15 is 0 Å². The molecule has 18 aromatic carbocycles. The Labute approximate surface area is 599 Å². The molecule has 0 atom stereocenters. The Morgan fingerprint density at radius 2 is 0.534 bits per heavy atom. The van der Waals surface area contributed by atoms with Gasteiger partial charge in [-0.2, -0.15) is 0 Å². The third-order valence-corrected chi connectivity index (χ3v) is 22.9. The van der Waals surface area contributed by atoms with Crippen LogP contribution in [0.25, 0.3) is 187 Å². The molecule has 0 amide bonds. The van der Waals surface area contributed by atoms with E-state index in [0.717, 1.165) is 27.5 Å². The van der Waals surface area contributed by atoms with Gasteiger partial charge in [0.05, 0.1) is 0 Å². The van der Waals surface area contributed by atoms with Crippen molar-refractivity contribution in [3.8, 4) is 100 Å². The van der Waals surface area contributed by atoms with Crippen LogP contribution in [0.2, 0.25) is 0 Å². The first-order chi connectivity index (χ1) is 50.7. The van der Waals surface area contributed by atoms with E-state index in [1.807, 2.05) is 6.07 Å². The Kier molecular flexibility index (Phi) is 13.7. The summed E-state index contributed by atoms with van der Waals surface area (Å²) in [5.41, 5.74) is 30.1. The second-order valence-corrected chi connectivity index (χ2v) is 29.2. The van der Waals surface area contributed by atoms with E-state index in [4.69, 9.17) is 4.42 Å². The minimum absolute atomic E-state index is 0.0895. The summed E-state index contributed by atoms with van der Waals surface area (Å²) in [6.07, 6.45) is 0. The molecule has 0 saturated carbocycles. The molecule has 1 aromatic heterocycles. The van der Waals surface area contributed by atoms with E-state index in [0.29, 0.717) is 0 Å². The smallest absolute Gasteiger partial charge is 0.143 e. The van der Waals surface area contributed by atoms with Gasteiger partial charge in [-0.1, -0.05) is 367 Å². The van der Waals surface area contributed by atoms with Crippen molar-refractivity contribution in [3.05, 3.63) is 374 Å². The molecule has 103 heavy (non-hydrogen) atoms. The summed E-state index contributed by atoms with van der Waals surface area (Å²) in [5.74, 6) is 0. The number of para-hydroxylation sites is 2. The SMILES string of the molecule is CC1(C)c2cccc(-c3ccc(-c4c5ccccc5c(-c5cccc6c5oc5ccccc56)c5ccccc45)cc3)c2-c2ccc3ccccc3c21.CC1(C)c2cccc(-c3cccc(-c4c5ccccc5c(-c5ccc(-c6ccccc6)cc5)c5ccccc45)c3)c2-c2ccc3ccccc3c21. The van der Waals surface area contributed by atoms with Crippen LogP contribution in [0.4, 0.5) is 0 Å². The van der Waals surface area contributed by atoms with Crippen LogP contribution < -0.4 is 0 Å². The third kappa shape index (κ3) is 9.32. The van der Waals surface area contributed by atoms with Gasteiger partial charge in [-0.3, -0.25) is 0 Å². The minimum Gasteiger partial charge on any atom is -0.455 e. The number of furan rings is 1. The van der Waals surface area contributed by atoms with Crippen molar-refractivity contribution < 1.29 is 4.42 Å². The number of hydrogen-bond acceptors (Lipinski definition) is 1. The molecule has 0 aliphatic heterocycles. The van der Waals surface area contributed by atoms with Gasteiger partial charge in [0.15, 0.2) is 0 Å². The van der Waals surface area contributed by atoms with Crippen molar-refractivity contribution in [2.45, 2.75) is 38.5 Å². The lowest BCUT2D eigenvalue weighted by molar-refractivity contribution is 0.666. The van der Waals surface area contributed by atoms with Gasteiger partial charge >= 0.3 is 0 Å². The molecule has 0 radical (unpaired) electrons. The Morgan fingerprint density at radius 1 is 0.194 bits per heavy atom. The van der Waals surface area contributed by atoms with Gasteiger partial charge in [-0.05, 0) is 188 Å². The number of rotatable bonds is 7. The van der Waals surface area contributed by atoms with E-state index in [1.165, 1.54) is 181 Å². The molecule has 19 aromatic rings. The Balaban J connectivity index is 0.000000138. The highest BCUT2D eigenvalue weighted by Crippen LogP contribution is 2.57. The standard InChI is InChI=1S/C51H34O.C51H36/c1-51(2)44-23-12-20-34(48(44)42-30-29-31-13-3-4-14-35(31)49(42)51)32-25-27-33(28-26-32)46-37-16-5-7-18-39(37)47(40-19-8-6-17-38(40)46)43-22-11-21-41-36-15-9-10-24-45(36)52-50(41)43;1-51(2)46-25-13-24-39(49(46)45-31-30-35-16-6-7-19-40(35)50(45)51)37-17-12-18-38(32-37)48-43-22-10-8-20-41(43)47(42-21-9-11-23-44(42)48)36-28-26-34(27-29-36)33-14-4-3-5-15-33/h3-30H,1-2H3;3-32H,1-2H3. The van der Waals surface area contributed by atoms with Crippen molar-refractivity contribution in [2.75, 3.05) is 0 Å². The summed E-state index contributed by atoms with van der Waals surface area (Å²) in [6.45, 7) is 9.54. The van der Waals surface area contributed by atoms with Crippen molar-refractivity contribution >= 4 is 86.6 Å². The number of benzene rings is 18. The zero-order valence-electron chi connectivity index (χ0n) is 57.9. The molecule has 2 aliphatic rings. The molecule has 1 nitrogen and oxygen atoms in total. The maximum atomic E-state index is 6.59. The maximum absolute atomic E-state index is 6.59. The van der Waals surface area contributed by atoms with Gasteiger partial charge in [0.2, 0.25) is 0 Å². The topological polar surface area (TPSA) is 13.1 Å². The molecule has 484 valence electrons. The van der Waals surface area contributed by atoms with Gasteiger partial charge in [-0.15, -0.1) is 0 Å². The van der Waals surface area contributed by atoms with Crippen LogP contribution in [-0.2, 0) is 10.8 Å². The number of fused-ring (bicyclic) bond motifs is 17. The molecule has 0 fully saturated rings. The Bertz CT molecular complexity index is 6580. The molecule has 0 bridgehead atoms. The fourth-order valence-electron chi connectivity index (χ4n) is 18.3. The first-order valence-electron chi connectivity index (χ1n) is 36.1.